The van der Waals surface area contributed by atoms with Crippen LogP contribution in [-0.4, -0.2) is 31.5 Å². The molecule has 0 bridgehead atoms. The van der Waals surface area contributed by atoms with Gasteiger partial charge < -0.3 is 5.32 Å². The van der Waals surface area contributed by atoms with Gasteiger partial charge in [-0.1, -0.05) is 13.8 Å². The van der Waals surface area contributed by atoms with Crippen molar-refractivity contribution >= 4 is 22.3 Å². The Hall–Kier alpha value is -1.11. The van der Waals surface area contributed by atoms with Crippen molar-refractivity contribution in [2.45, 2.75) is 43.9 Å². The Kier molecular flexibility index (Phi) is 3.12. The first-order valence-corrected chi connectivity index (χ1v) is 7.65. The molecule has 2 fully saturated rings. The third-order valence-electron chi connectivity index (χ3n) is 3.74. The van der Waals surface area contributed by atoms with E-state index in [4.69, 9.17) is 0 Å². The largest absolute Gasteiger partial charge is 0.344 e. The second-order valence-corrected chi connectivity index (χ2v) is 7.42. The van der Waals surface area contributed by atoms with Gasteiger partial charge in [0.15, 0.2) is 0 Å². The molecule has 2 amide bonds. The maximum absolute atomic E-state index is 12.1. The summed E-state index contributed by atoms with van der Waals surface area (Å²) >= 11 is 0. The van der Waals surface area contributed by atoms with Crippen molar-refractivity contribution in [1.29, 1.82) is 0 Å². The number of carbonyl (C=O) groups is 2. The van der Waals surface area contributed by atoms with Crippen LogP contribution in [0.3, 0.4) is 0 Å². The van der Waals surface area contributed by atoms with Crippen LogP contribution in [0.15, 0.2) is 0 Å². The summed E-state index contributed by atoms with van der Waals surface area (Å²) in [6.45, 7) is 3.89. The zero-order valence-corrected chi connectivity index (χ0v) is 11.3. The van der Waals surface area contributed by atoms with Crippen LogP contribution < -0.4 is 10.0 Å². The Labute approximate surface area is 107 Å². The molecule has 0 aromatic heterocycles. The van der Waals surface area contributed by atoms with Crippen LogP contribution in [0.2, 0.25) is 0 Å². The number of rotatable bonds is 6. The van der Waals surface area contributed by atoms with Crippen molar-refractivity contribution in [1.82, 2.24) is 10.0 Å². The van der Waals surface area contributed by atoms with E-state index < -0.39 is 26.7 Å². The highest BCUT2D eigenvalue weighted by atomic mass is 32.2. The van der Waals surface area contributed by atoms with Crippen LogP contribution in [0, 0.1) is 11.8 Å². The normalized spacial score (nSPS) is 30.9. The van der Waals surface area contributed by atoms with Crippen LogP contribution in [0.5, 0.6) is 0 Å². The Morgan fingerprint density at radius 3 is 2.39 bits per heavy atom. The van der Waals surface area contributed by atoms with Gasteiger partial charge >= 0.3 is 0 Å². The van der Waals surface area contributed by atoms with E-state index in [0.717, 1.165) is 0 Å². The van der Waals surface area contributed by atoms with E-state index in [1.54, 1.807) is 0 Å². The van der Waals surface area contributed by atoms with E-state index in [9.17, 15) is 18.0 Å². The van der Waals surface area contributed by atoms with Gasteiger partial charge in [-0.15, -0.1) is 0 Å². The summed E-state index contributed by atoms with van der Waals surface area (Å²) in [5.41, 5.74) is -1.03. The van der Waals surface area contributed by atoms with Crippen LogP contribution in [0.1, 0.15) is 33.1 Å². The van der Waals surface area contributed by atoms with E-state index >= 15 is 0 Å². The molecular weight excluding hydrogens is 256 g/mol. The second-order valence-electron chi connectivity index (χ2n) is 5.46. The van der Waals surface area contributed by atoms with Crippen molar-refractivity contribution in [3.63, 3.8) is 0 Å². The van der Waals surface area contributed by atoms with E-state index in [0.29, 0.717) is 25.7 Å². The lowest BCUT2D eigenvalue weighted by Crippen LogP contribution is -2.50. The van der Waals surface area contributed by atoms with Crippen molar-refractivity contribution in [3.05, 3.63) is 0 Å². The van der Waals surface area contributed by atoms with Gasteiger partial charge in [-0.25, -0.2) is 8.42 Å². The minimum absolute atomic E-state index is 0.00268. The summed E-state index contributed by atoms with van der Waals surface area (Å²) in [7, 11) is -3.55. The predicted molar refractivity (Wildman–Crippen MR) is 65.0 cm³/mol. The maximum atomic E-state index is 12.1. The van der Waals surface area contributed by atoms with Crippen LogP contribution in [0.4, 0.5) is 0 Å². The molecule has 0 radical (unpaired) electrons. The van der Waals surface area contributed by atoms with Gasteiger partial charge in [-0.05, 0) is 31.1 Å². The molecule has 0 aliphatic heterocycles. The lowest BCUT2D eigenvalue weighted by molar-refractivity contribution is -0.125. The van der Waals surface area contributed by atoms with Crippen molar-refractivity contribution in [3.8, 4) is 0 Å². The fourth-order valence-electron chi connectivity index (χ4n) is 2.37. The van der Waals surface area contributed by atoms with Crippen molar-refractivity contribution in [2.24, 2.45) is 11.8 Å². The Balaban J connectivity index is 2.09. The minimum Gasteiger partial charge on any atom is -0.344 e. The molecule has 2 aliphatic carbocycles. The molecule has 0 aromatic carbocycles. The van der Waals surface area contributed by atoms with Crippen LogP contribution in [-0.2, 0) is 19.6 Å². The zero-order valence-electron chi connectivity index (χ0n) is 10.5. The zero-order chi connectivity index (χ0) is 13.6. The smallest absolute Gasteiger partial charge is 0.259 e. The minimum atomic E-state index is -3.55. The summed E-state index contributed by atoms with van der Waals surface area (Å²) in [6, 6.07) is 0. The first-order valence-electron chi connectivity index (χ1n) is 6.11. The number of nitrogens with one attached hydrogen (secondary N) is 2. The summed E-state index contributed by atoms with van der Waals surface area (Å²) in [5, 5.41) is 2.05. The molecule has 7 heteroatoms. The molecule has 18 heavy (non-hydrogen) atoms. The molecule has 2 atom stereocenters. The maximum Gasteiger partial charge on any atom is 0.259 e. The van der Waals surface area contributed by atoms with Crippen molar-refractivity contribution < 1.29 is 18.0 Å². The van der Waals surface area contributed by atoms with Gasteiger partial charge in [0, 0.05) is 0 Å². The molecule has 0 saturated heterocycles. The standard InChI is InChI=1S/C11H18N2O4S/c1-7(2)9-5-11(9,12-6-14)10(15)13-18(16,17)8-3-4-8/h6-9H,3-5H2,1-2H3,(H,12,14)(H,13,15)/t9-,11+/m0/s1. The van der Waals surface area contributed by atoms with Gasteiger partial charge in [0.05, 0.1) is 5.25 Å². The molecule has 2 saturated carbocycles. The molecule has 2 N–H and O–H groups in total. The highest BCUT2D eigenvalue weighted by Crippen LogP contribution is 2.48. The van der Waals surface area contributed by atoms with Crippen LogP contribution >= 0.6 is 0 Å². The number of sulfonamides is 1. The topological polar surface area (TPSA) is 92.3 Å². The molecular formula is C11H18N2O4S. The second kappa shape index (κ2) is 4.22. The highest BCUT2D eigenvalue weighted by Gasteiger charge is 2.62. The molecule has 6 nitrogen and oxygen atoms in total. The Morgan fingerprint density at radius 1 is 1.39 bits per heavy atom. The van der Waals surface area contributed by atoms with Gasteiger partial charge in [0.2, 0.25) is 16.4 Å². The summed E-state index contributed by atoms with van der Waals surface area (Å²) in [5.74, 6) is -0.385. The van der Waals surface area contributed by atoms with E-state index in [2.05, 4.69) is 10.0 Å². The molecule has 0 spiro atoms. The summed E-state index contributed by atoms with van der Waals surface area (Å²) < 4.78 is 25.5. The van der Waals surface area contributed by atoms with Gasteiger partial charge in [-0.3, -0.25) is 14.3 Å². The van der Waals surface area contributed by atoms with Crippen LogP contribution in [0.25, 0.3) is 0 Å². The third kappa shape index (κ3) is 2.23. The van der Waals surface area contributed by atoms with E-state index in [-0.39, 0.29) is 11.8 Å². The average Bonchev–Trinajstić information content (AvgIpc) is 3.12. The molecule has 2 rings (SSSR count). The Bertz CT molecular complexity index is 469. The molecule has 0 aromatic rings. The predicted octanol–water partition coefficient (Wildman–Crippen LogP) is -0.244. The van der Waals surface area contributed by atoms with Crippen molar-refractivity contribution in [2.75, 3.05) is 0 Å². The number of hydrogen-bond donors (Lipinski definition) is 2. The van der Waals surface area contributed by atoms with Gasteiger partial charge in [0.1, 0.15) is 5.54 Å². The molecule has 2 aliphatic rings. The monoisotopic (exact) mass is 274 g/mol. The molecule has 0 heterocycles. The average molecular weight is 274 g/mol. The van der Waals surface area contributed by atoms with Gasteiger partial charge in [0.25, 0.3) is 5.91 Å². The summed E-state index contributed by atoms with van der Waals surface area (Å²) in [4.78, 5) is 22.7. The Morgan fingerprint density at radius 2 is 2.00 bits per heavy atom. The van der Waals surface area contributed by atoms with E-state index in [1.165, 1.54) is 0 Å². The number of amides is 2. The first-order chi connectivity index (χ1) is 8.33. The lowest BCUT2D eigenvalue weighted by Gasteiger charge is -2.17. The number of hydrogen-bond acceptors (Lipinski definition) is 4. The quantitative estimate of drug-likeness (QED) is 0.654. The van der Waals surface area contributed by atoms with Gasteiger partial charge in [-0.2, -0.15) is 0 Å². The first kappa shape index (κ1) is 13.3. The SMILES string of the molecule is CC(C)[C@@H]1C[C@]1(NC=O)C(=O)NS(=O)(=O)C1CC1. The summed E-state index contributed by atoms with van der Waals surface area (Å²) in [6.07, 6.45) is 2.16. The highest BCUT2D eigenvalue weighted by molar-refractivity contribution is 7.90. The fraction of sp³-hybridized carbons (Fsp3) is 0.818. The third-order valence-corrected chi connectivity index (χ3v) is 5.56. The molecule has 102 valence electrons. The van der Waals surface area contributed by atoms with E-state index in [1.807, 2.05) is 13.8 Å². The fourth-order valence-corrected chi connectivity index (χ4v) is 3.74. The molecule has 0 unspecified atom stereocenters. The number of carbonyl (C=O) groups excluding carboxylic acids is 2. The lowest BCUT2D eigenvalue weighted by atomic mass is 10.0.